The lowest BCUT2D eigenvalue weighted by Gasteiger charge is -2.29. The van der Waals surface area contributed by atoms with E-state index >= 15 is 0 Å². The zero-order chi connectivity index (χ0) is 28.5. The van der Waals surface area contributed by atoms with Crippen LogP contribution in [0.2, 0.25) is 0 Å². The van der Waals surface area contributed by atoms with Crippen LogP contribution in [0.15, 0.2) is 53.7 Å². The summed E-state index contributed by atoms with van der Waals surface area (Å²) in [7, 11) is 1.61. The van der Waals surface area contributed by atoms with Gasteiger partial charge in [-0.15, -0.1) is 11.3 Å². The molecule has 3 aromatic rings. The van der Waals surface area contributed by atoms with Crippen molar-refractivity contribution in [2.75, 3.05) is 12.0 Å². The van der Waals surface area contributed by atoms with Crippen LogP contribution < -0.4 is 14.4 Å². The van der Waals surface area contributed by atoms with Gasteiger partial charge in [0.2, 0.25) is 11.8 Å². The normalized spacial score (nSPS) is 28.6. The van der Waals surface area contributed by atoms with E-state index in [1.807, 2.05) is 48.5 Å². The van der Waals surface area contributed by atoms with Crippen LogP contribution in [0.1, 0.15) is 46.4 Å². The smallest absolute Gasteiger partial charge is 0.238 e. The lowest BCUT2D eigenvalue weighted by molar-refractivity contribution is -0.125. The molecule has 2 aromatic carbocycles. The molecule has 0 spiro atoms. The van der Waals surface area contributed by atoms with Gasteiger partial charge in [0.15, 0.2) is 11.5 Å². The molecule has 8 nitrogen and oxygen atoms in total. The van der Waals surface area contributed by atoms with Crippen LogP contribution in [0, 0.1) is 40.9 Å². The molecule has 42 heavy (non-hydrogen) atoms. The number of oxime groups is 1. The average molecular weight is 580 g/mol. The van der Waals surface area contributed by atoms with E-state index in [0.29, 0.717) is 28.7 Å². The molecule has 3 aliphatic carbocycles. The Hall–Kier alpha value is -4.16. The predicted molar refractivity (Wildman–Crippen MR) is 155 cm³/mol. The molecule has 6 atom stereocenters. The van der Waals surface area contributed by atoms with Gasteiger partial charge < -0.3 is 14.3 Å². The van der Waals surface area contributed by atoms with E-state index in [2.05, 4.69) is 11.2 Å². The Labute approximate surface area is 247 Å². The van der Waals surface area contributed by atoms with E-state index in [1.54, 1.807) is 7.11 Å². The fourth-order valence-electron chi connectivity index (χ4n) is 8.07. The fraction of sp³-hybridized carbons (Fsp3) is 0.394. The number of thiophene rings is 1. The first-order valence-electron chi connectivity index (χ1n) is 14.6. The summed E-state index contributed by atoms with van der Waals surface area (Å²) < 4.78 is 11.7. The SMILES string of the molecule is COc1cc(C2=NO[C@@H]3[C@@H]4C[C@@H]([C@@H]23)[C@H]2C(=O)N(c3sc5c(c3C#N)CCCC5)C(=O)[C@H]42)ccc1OCc1ccccc1. The summed E-state index contributed by atoms with van der Waals surface area (Å²) in [6, 6.07) is 18.0. The molecule has 3 heterocycles. The van der Waals surface area contributed by atoms with Gasteiger partial charge in [-0.2, -0.15) is 5.26 Å². The average Bonchev–Trinajstić information content (AvgIpc) is 3.82. The number of benzene rings is 2. The predicted octanol–water partition coefficient (Wildman–Crippen LogP) is 5.26. The van der Waals surface area contributed by atoms with Gasteiger partial charge >= 0.3 is 0 Å². The third kappa shape index (κ3) is 3.61. The Bertz CT molecular complexity index is 1690. The largest absolute Gasteiger partial charge is 0.493 e. The second-order valence-electron chi connectivity index (χ2n) is 11.8. The Morgan fingerprint density at radius 1 is 1.02 bits per heavy atom. The lowest BCUT2D eigenvalue weighted by Crippen LogP contribution is -2.41. The van der Waals surface area contributed by atoms with E-state index in [-0.39, 0.29) is 35.7 Å². The fourth-order valence-corrected chi connectivity index (χ4v) is 9.42. The summed E-state index contributed by atoms with van der Waals surface area (Å²) in [6.07, 6.45) is 4.36. The van der Waals surface area contributed by atoms with Gasteiger partial charge in [-0.1, -0.05) is 35.5 Å². The summed E-state index contributed by atoms with van der Waals surface area (Å²) in [5, 5.41) is 15.0. The van der Waals surface area contributed by atoms with Crippen LogP contribution in [0.4, 0.5) is 5.00 Å². The van der Waals surface area contributed by atoms with Crippen LogP contribution in [0.5, 0.6) is 11.5 Å². The number of methoxy groups -OCH3 is 1. The van der Waals surface area contributed by atoms with E-state index in [9.17, 15) is 14.9 Å². The van der Waals surface area contributed by atoms with Gasteiger partial charge in [-0.25, -0.2) is 4.90 Å². The number of carbonyl (C=O) groups excluding carboxylic acids is 2. The van der Waals surface area contributed by atoms with E-state index in [1.165, 1.54) is 16.2 Å². The highest BCUT2D eigenvalue weighted by atomic mass is 32.1. The number of fused-ring (bicyclic) bond motifs is 9. The molecule has 2 saturated carbocycles. The summed E-state index contributed by atoms with van der Waals surface area (Å²) in [4.78, 5) is 36.4. The summed E-state index contributed by atoms with van der Waals surface area (Å²) in [5.41, 5.74) is 4.27. The first kappa shape index (κ1) is 25.5. The molecule has 2 amide bonds. The van der Waals surface area contributed by atoms with Crippen LogP contribution in [-0.4, -0.2) is 30.7 Å². The van der Waals surface area contributed by atoms with Crippen LogP contribution in [-0.2, 0) is 33.9 Å². The van der Waals surface area contributed by atoms with Gasteiger partial charge in [-0.05, 0) is 67.3 Å². The molecule has 0 unspecified atom stereocenters. The highest BCUT2D eigenvalue weighted by molar-refractivity contribution is 7.17. The van der Waals surface area contributed by atoms with Crippen molar-refractivity contribution in [2.45, 2.75) is 44.8 Å². The molecule has 1 saturated heterocycles. The molecular weight excluding hydrogens is 550 g/mol. The van der Waals surface area contributed by atoms with Crippen LogP contribution in [0.25, 0.3) is 0 Å². The topological polar surface area (TPSA) is 101 Å². The van der Waals surface area contributed by atoms with Crippen molar-refractivity contribution in [2.24, 2.45) is 34.7 Å². The number of imide groups is 1. The standard InChI is InChI=1S/C33H29N3O5S/c1-39-24-13-18(11-12-23(24)40-16-17-7-3-2-4-8-17)29-28-20-14-21(30(28)41-35-29)27-26(20)31(37)36(32(27)38)33-22(15-34)19-9-5-6-10-25(19)42-33/h2-4,7-8,11-13,20-21,26-28,30H,5-6,9-10,14,16H2,1H3/t20-,21-,26-,27-,28+,30-/m1/s1. The van der Waals surface area contributed by atoms with E-state index < -0.39 is 11.8 Å². The van der Waals surface area contributed by atoms with Crippen molar-refractivity contribution in [1.82, 2.24) is 0 Å². The van der Waals surface area contributed by atoms with Crippen molar-refractivity contribution in [3.63, 3.8) is 0 Å². The van der Waals surface area contributed by atoms with E-state index in [4.69, 9.17) is 14.3 Å². The maximum atomic E-state index is 14.0. The van der Waals surface area contributed by atoms with Gasteiger partial charge in [0.25, 0.3) is 0 Å². The van der Waals surface area contributed by atoms with E-state index in [0.717, 1.165) is 59.4 Å². The third-order valence-corrected chi connectivity index (χ3v) is 11.1. The maximum Gasteiger partial charge on any atom is 0.238 e. The minimum atomic E-state index is -0.424. The molecule has 2 aliphatic heterocycles. The zero-order valence-electron chi connectivity index (χ0n) is 23.1. The number of amides is 2. The van der Waals surface area contributed by atoms with Gasteiger partial charge in [0, 0.05) is 22.3 Å². The zero-order valence-corrected chi connectivity index (χ0v) is 23.9. The van der Waals surface area contributed by atoms with Crippen molar-refractivity contribution in [3.05, 3.63) is 75.7 Å². The quantitative estimate of drug-likeness (QED) is 0.369. The number of nitrogens with zero attached hydrogens (tertiary/aromatic N) is 3. The minimum Gasteiger partial charge on any atom is -0.493 e. The van der Waals surface area contributed by atoms with Crippen molar-refractivity contribution in [1.29, 1.82) is 5.26 Å². The number of hydrogen-bond donors (Lipinski definition) is 0. The maximum absolute atomic E-state index is 14.0. The minimum absolute atomic E-state index is 0.0483. The monoisotopic (exact) mass is 579 g/mol. The van der Waals surface area contributed by atoms with Gasteiger partial charge in [0.1, 0.15) is 23.8 Å². The second kappa shape index (κ2) is 9.70. The molecule has 0 radical (unpaired) electrons. The van der Waals surface area contributed by atoms with Crippen LogP contribution >= 0.6 is 11.3 Å². The molecule has 8 rings (SSSR count). The Balaban J connectivity index is 1.07. The number of anilines is 1. The Kier molecular flexibility index (Phi) is 5.90. The highest BCUT2D eigenvalue weighted by Crippen LogP contribution is 2.62. The molecular formula is C33H29N3O5S. The third-order valence-electron chi connectivity index (χ3n) is 9.85. The summed E-state index contributed by atoms with van der Waals surface area (Å²) >= 11 is 1.46. The lowest BCUT2D eigenvalue weighted by atomic mass is 9.71. The molecule has 9 heteroatoms. The number of ether oxygens (including phenoxy) is 2. The first-order chi connectivity index (χ1) is 20.6. The van der Waals surface area contributed by atoms with Gasteiger partial charge in [0.05, 0.1) is 30.2 Å². The number of aryl methyl sites for hydroxylation is 1. The molecule has 0 N–H and O–H groups in total. The highest BCUT2D eigenvalue weighted by Gasteiger charge is 2.70. The molecule has 212 valence electrons. The van der Waals surface area contributed by atoms with Crippen molar-refractivity contribution in [3.8, 4) is 17.6 Å². The number of carbonyl (C=O) groups is 2. The Morgan fingerprint density at radius 3 is 2.60 bits per heavy atom. The van der Waals surface area contributed by atoms with Crippen molar-refractivity contribution < 1.29 is 23.9 Å². The Morgan fingerprint density at radius 2 is 1.81 bits per heavy atom. The first-order valence-corrected chi connectivity index (χ1v) is 15.4. The summed E-state index contributed by atoms with van der Waals surface area (Å²) in [6.45, 7) is 0.422. The summed E-state index contributed by atoms with van der Waals surface area (Å²) in [5.74, 6) is -0.169. The second-order valence-corrected chi connectivity index (χ2v) is 12.9. The number of hydrogen-bond acceptors (Lipinski definition) is 8. The number of nitriles is 1. The van der Waals surface area contributed by atoms with Crippen LogP contribution in [0.3, 0.4) is 0 Å². The molecule has 3 fully saturated rings. The van der Waals surface area contributed by atoms with Crippen molar-refractivity contribution >= 4 is 33.9 Å². The molecule has 1 aromatic heterocycles. The number of rotatable bonds is 6. The van der Waals surface area contributed by atoms with Gasteiger partial charge in [-0.3, -0.25) is 9.59 Å². The molecule has 2 bridgehead atoms. The molecule has 5 aliphatic rings.